The third-order valence-electron chi connectivity index (χ3n) is 3.29. The molecule has 1 aromatic rings. The smallest absolute Gasteiger partial charge is 0.329 e. The average molecular weight is 289 g/mol. The van der Waals surface area contributed by atoms with Crippen molar-refractivity contribution in [2.45, 2.75) is 32.9 Å². The summed E-state index contributed by atoms with van der Waals surface area (Å²) in [5, 5.41) is 20.6. The molecule has 0 saturated heterocycles. The number of hydrogen-bond donors (Lipinski definition) is 2. The lowest BCUT2D eigenvalue weighted by atomic mass is 10.0. The highest BCUT2D eigenvalue weighted by molar-refractivity contribution is 5.85. The molecule has 2 N–H and O–H groups in total. The van der Waals surface area contributed by atoms with Crippen molar-refractivity contribution in [3.05, 3.63) is 35.4 Å². The lowest BCUT2D eigenvalue weighted by Crippen LogP contribution is -2.55. The Morgan fingerprint density at radius 1 is 1.33 bits per heavy atom. The topological polar surface area (TPSA) is 93.4 Å². The Labute approximate surface area is 124 Å². The third-order valence-corrected chi connectivity index (χ3v) is 3.29. The first-order chi connectivity index (χ1) is 9.82. The number of carboxylic acid groups (broad SMARTS) is 1. The Morgan fingerprint density at radius 3 is 2.33 bits per heavy atom. The van der Waals surface area contributed by atoms with Crippen LogP contribution < -0.4 is 5.32 Å². The first-order valence-corrected chi connectivity index (χ1v) is 6.60. The molecule has 112 valence electrons. The van der Waals surface area contributed by atoms with Crippen LogP contribution in [0.15, 0.2) is 24.3 Å². The Bertz CT molecular complexity index is 559. The normalized spacial score (nSPS) is 10.6. The van der Waals surface area contributed by atoms with E-state index in [1.165, 1.54) is 18.7 Å². The molecule has 0 bridgehead atoms. The predicted octanol–water partition coefficient (Wildman–Crippen LogP) is 1.95. The van der Waals surface area contributed by atoms with Crippen LogP contribution in [0.25, 0.3) is 0 Å². The van der Waals surface area contributed by atoms with Gasteiger partial charge in [0, 0.05) is 13.1 Å². The molecule has 0 unspecified atom stereocenters. The summed E-state index contributed by atoms with van der Waals surface area (Å²) in [4.78, 5) is 24.6. The molecule has 0 fully saturated rings. The molecule has 0 spiro atoms. The summed E-state index contributed by atoms with van der Waals surface area (Å²) in [6, 6.07) is 8.41. The molecular formula is C15H19N3O3. The van der Waals surface area contributed by atoms with Gasteiger partial charge in [-0.25, -0.2) is 9.59 Å². The van der Waals surface area contributed by atoms with Gasteiger partial charge in [0.1, 0.15) is 5.54 Å². The molecule has 0 radical (unpaired) electrons. The van der Waals surface area contributed by atoms with E-state index in [0.717, 1.165) is 5.56 Å². The molecule has 6 nitrogen and oxygen atoms in total. The van der Waals surface area contributed by atoms with Gasteiger partial charge in [0.15, 0.2) is 0 Å². The molecule has 1 aromatic carbocycles. The van der Waals surface area contributed by atoms with Crippen LogP contribution in [0.3, 0.4) is 0 Å². The number of benzene rings is 1. The number of nitrogens with zero attached hydrogens (tertiary/aromatic N) is 2. The molecular weight excluding hydrogens is 270 g/mol. The predicted molar refractivity (Wildman–Crippen MR) is 77.5 cm³/mol. The number of rotatable bonds is 5. The van der Waals surface area contributed by atoms with Gasteiger partial charge < -0.3 is 15.3 Å². The maximum Gasteiger partial charge on any atom is 0.329 e. The van der Waals surface area contributed by atoms with Gasteiger partial charge in [-0.05, 0) is 38.5 Å². The van der Waals surface area contributed by atoms with Crippen molar-refractivity contribution in [1.82, 2.24) is 10.2 Å². The van der Waals surface area contributed by atoms with Crippen molar-refractivity contribution < 1.29 is 14.7 Å². The van der Waals surface area contributed by atoms with Crippen LogP contribution in [0.4, 0.5) is 4.79 Å². The van der Waals surface area contributed by atoms with E-state index in [1.807, 2.05) is 6.07 Å². The lowest BCUT2D eigenvalue weighted by molar-refractivity contribution is -0.147. The Balaban J connectivity index is 2.71. The monoisotopic (exact) mass is 289 g/mol. The first-order valence-electron chi connectivity index (χ1n) is 6.60. The lowest BCUT2D eigenvalue weighted by Gasteiger charge is -2.34. The van der Waals surface area contributed by atoms with Gasteiger partial charge in [0.2, 0.25) is 0 Å². The maximum atomic E-state index is 12.1. The minimum Gasteiger partial charge on any atom is -0.480 e. The molecule has 0 aliphatic heterocycles. The summed E-state index contributed by atoms with van der Waals surface area (Å²) < 4.78 is 0. The molecule has 0 heterocycles. The molecule has 0 saturated carbocycles. The van der Waals surface area contributed by atoms with Gasteiger partial charge >= 0.3 is 12.0 Å². The Hall–Kier alpha value is -2.55. The van der Waals surface area contributed by atoms with Crippen LogP contribution in [0, 0.1) is 11.3 Å². The summed E-state index contributed by atoms with van der Waals surface area (Å²) in [5.41, 5.74) is 0.113. The zero-order valence-corrected chi connectivity index (χ0v) is 12.4. The van der Waals surface area contributed by atoms with Crippen molar-refractivity contribution in [2.24, 2.45) is 0 Å². The average Bonchev–Trinajstić information content (AvgIpc) is 2.46. The number of nitriles is 1. The van der Waals surface area contributed by atoms with Crippen LogP contribution in [0.5, 0.6) is 0 Å². The minimum atomic E-state index is -1.27. The zero-order chi connectivity index (χ0) is 16.0. The van der Waals surface area contributed by atoms with Crippen LogP contribution in [0.1, 0.15) is 31.9 Å². The van der Waals surface area contributed by atoms with E-state index in [0.29, 0.717) is 12.1 Å². The number of hydrogen-bond acceptors (Lipinski definition) is 3. The number of aliphatic carboxylic acids is 1. The largest absolute Gasteiger partial charge is 0.480 e. The van der Waals surface area contributed by atoms with Gasteiger partial charge in [0.25, 0.3) is 0 Å². The second-order valence-corrected chi connectivity index (χ2v) is 5.08. The van der Waals surface area contributed by atoms with E-state index in [2.05, 4.69) is 5.32 Å². The molecule has 0 aliphatic rings. The fraction of sp³-hybridized carbons (Fsp3) is 0.400. The van der Waals surface area contributed by atoms with Gasteiger partial charge in [-0.15, -0.1) is 0 Å². The van der Waals surface area contributed by atoms with Crippen LogP contribution in [-0.2, 0) is 11.3 Å². The Morgan fingerprint density at radius 2 is 1.90 bits per heavy atom. The maximum absolute atomic E-state index is 12.1. The first kappa shape index (κ1) is 16.5. The number of carbonyl (C=O) groups is 2. The van der Waals surface area contributed by atoms with E-state index in [9.17, 15) is 14.7 Å². The number of likely N-dealkylation sites (N-methyl/N-ethyl adjacent to an activating group) is 1. The van der Waals surface area contributed by atoms with Crippen molar-refractivity contribution in [1.29, 1.82) is 5.26 Å². The number of amides is 2. The third kappa shape index (κ3) is 3.96. The summed E-state index contributed by atoms with van der Waals surface area (Å²) in [6.45, 7) is 5.27. The summed E-state index contributed by atoms with van der Waals surface area (Å²) in [5.74, 6) is -1.06. The highest BCUT2D eigenvalue weighted by Crippen LogP contribution is 2.14. The van der Waals surface area contributed by atoms with Crippen molar-refractivity contribution >= 4 is 12.0 Å². The zero-order valence-electron chi connectivity index (χ0n) is 12.4. The SMILES string of the molecule is CCN(C(=O)NCc1ccc(C#N)cc1)C(C)(C)C(=O)O. The summed E-state index contributed by atoms with van der Waals surface area (Å²) >= 11 is 0. The van der Waals surface area contributed by atoms with E-state index in [1.54, 1.807) is 31.2 Å². The minimum absolute atomic E-state index is 0.275. The molecule has 2 amide bonds. The standard InChI is InChI=1S/C15H19N3O3/c1-4-18(15(2,3)13(19)20)14(21)17-10-12-7-5-11(9-16)6-8-12/h5-8H,4,10H2,1-3H3,(H,17,21)(H,19,20). The van der Waals surface area contributed by atoms with Crippen LogP contribution in [0.2, 0.25) is 0 Å². The summed E-state index contributed by atoms with van der Waals surface area (Å²) in [6.07, 6.45) is 0. The van der Waals surface area contributed by atoms with Crippen molar-refractivity contribution in [2.75, 3.05) is 6.54 Å². The quantitative estimate of drug-likeness (QED) is 0.866. The highest BCUT2D eigenvalue weighted by Gasteiger charge is 2.36. The molecule has 21 heavy (non-hydrogen) atoms. The van der Waals surface area contributed by atoms with Gasteiger partial charge in [-0.1, -0.05) is 12.1 Å². The van der Waals surface area contributed by atoms with E-state index >= 15 is 0 Å². The molecule has 0 aromatic heterocycles. The number of carboxylic acids is 1. The van der Waals surface area contributed by atoms with Gasteiger partial charge in [-0.2, -0.15) is 5.26 Å². The number of carbonyl (C=O) groups excluding carboxylic acids is 1. The second-order valence-electron chi connectivity index (χ2n) is 5.08. The highest BCUT2D eigenvalue weighted by atomic mass is 16.4. The number of nitrogens with one attached hydrogen (secondary N) is 1. The number of urea groups is 1. The van der Waals surface area contributed by atoms with Gasteiger partial charge in [0.05, 0.1) is 11.6 Å². The van der Waals surface area contributed by atoms with Crippen LogP contribution in [-0.4, -0.2) is 34.1 Å². The molecule has 1 rings (SSSR count). The fourth-order valence-electron chi connectivity index (χ4n) is 1.88. The summed E-state index contributed by atoms with van der Waals surface area (Å²) in [7, 11) is 0. The fourth-order valence-corrected chi connectivity index (χ4v) is 1.88. The molecule has 0 aliphatic carbocycles. The van der Waals surface area contributed by atoms with Crippen LogP contribution >= 0.6 is 0 Å². The molecule has 6 heteroatoms. The van der Waals surface area contributed by atoms with Crippen molar-refractivity contribution in [3.8, 4) is 6.07 Å². The van der Waals surface area contributed by atoms with Gasteiger partial charge in [-0.3, -0.25) is 0 Å². The molecule has 0 atom stereocenters. The second kappa shape index (κ2) is 6.75. The van der Waals surface area contributed by atoms with E-state index in [4.69, 9.17) is 5.26 Å². The van der Waals surface area contributed by atoms with E-state index < -0.39 is 17.5 Å². The Kier molecular flexibility index (Phi) is 5.30. The van der Waals surface area contributed by atoms with Crippen molar-refractivity contribution in [3.63, 3.8) is 0 Å². The van der Waals surface area contributed by atoms with E-state index in [-0.39, 0.29) is 6.54 Å².